The molecule has 0 bridgehead atoms. The highest BCUT2D eigenvalue weighted by molar-refractivity contribution is 6.74. The fourth-order valence-corrected chi connectivity index (χ4v) is 8.70. The smallest absolute Gasteiger partial charge is 0.377 e. The third kappa shape index (κ3) is 6.13. The third-order valence-electron chi connectivity index (χ3n) is 4.03. The number of aromatic nitrogens is 6. The van der Waals surface area contributed by atoms with Gasteiger partial charge in [-0.2, -0.15) is 0 Å². The maximum Gasteiger partial charge on any atom is 0.496 e. The van der Waals surface area contributed by atoms with Crippen LogP contribution in [0.1, 0.15) is 0 Å². The SMILES string of the molecule is CO[Si](CC[n+]1cncnc1)(OC)O[Si](CC[n+]1cncnc1)(OC)OC. The van der Waals surface area contributed by atoms with E-state index in [1.54, 1.807) is 53.7 Å². The van der Waals surface area contributed by atoms with Gasteiger partial charge < -0.3 is 21.8 Å². The molecular weight excluding hydrogens is 388 g/mol. The van der Waals surface area contributed by atoms with Crippen molar-refractivity contribution in [2.75, 3.05) is 28.4 Å². The van der Waals surface area contributed by atoms with E-state index in [1.165, 1.54) is 12.7 Å². The number of nitrogens with zero attached hydrogens (tertiary/aromatic N) is 6. The lowest BCUT2D eigenvalue weighted by atomic mass is 10.7. The molecule has 0 aliphatic rings. The molecular formula is C14H26N6O5Si2+2. The number of aryl methyl sites for hydroxylation is 2. The van der Waals surface area contributed by atoms with Crippen LogP contribution in [0.5, 0.6) is 0 Å². The van der Waals surface area contributed by atoms with Crippen molar-refractivity contribution in [2.45, 2.75) is 25.2 Å². The average Bonchev–Trinajstić information content (AvgIpc) is 2.75. The van der Waals surface area contributed by atoms with E-state index in [0.29, 0.717) is 25.2 Å². The molecule has 13 heteroatoms. The van der Waals surface area contributed by atoms with Gasteiger partial charge in [0.25, 0.3) is 12.7 Å². The van der Waals surface area contributed by atoms with Crippen LogP contribution < -0.4 is 9.13 Å². The lowest BCUT2D eigenvalue weighted by Gasteiger charge is -2.35. The minimum atomic E-state index is -3.05. The summed E-state index contributed by atoms with van der Waals surface area (Å²) in [5.74, 6) is 0. The Hall–Kier alpha value is -1.75. The number of hydrogen-bond acceptors (Lipinski definition) is 9. The Balaban J connectivity index is 2.10. The molecule has 0 N–H and O–H groups in total. The first-order valence-electron chi connectivity index (χ1n) is 8.30. The van der Waals surface area contributed by atoms with Crippen molar-refractivity contribution in [3.8, 4) is 0 Å². The van der Waals surface area contributed by atoms with Gasteiger partial charge in [-0.25, -0.2) is 9.13 Å². The summed E-state index contributed by atoms with van der Waals surface area (Å²) in [5.41, 5.74) is 0. The topological polar surface area (TPSA) is 105 Å². The summed E-state index contributed by atoms with van der Waals surface area (Å²) in [6, 6.07) is 1.03. The standard InChI is InChI=1S/C14H26N6O5Si2/c1-21-26(22-2,7-5-19-11-15-9-16-12-19)25-27(23-3,24-4)8-6-20-13-17-10-18-14-20/h9-14H,5-8H2,1-4H3/q+2. The van der Waals surface area contributed by atoms with Gasteiger partial charge >= 0.3 is 17.6 Å². The average molecular weight is 415 g/mol. The zero-order valence-electron chi connectivity index (χ0n) is 16.0. The molecule has 0 saturated heterocycles. The van der Waals surface area contributed by atoms with Crippen LogP contribution in [-0.2, 0) is 34.9 Å². The highest BCUT2D eigenvalue weighted by atomic mass is 28.5. The Kier molecular flexibility index (Phi) is 8.42. The predicted octanol–water partition coefficient (Wildman–Crippen LogP) is -0.978. The highest BCUT2D eigenvalue weighted by Crippen LogP contribution is 2.24. The van der Waals surface area contributed by atoms with Crippen molar-refractivity contribution < 1.29 is 31.0 Å². The van der Waals surface area contributed by atoms with Gasteiger partial charge in [0.1, 0.15) is 0 Å². The summed E-state index contributed by atoms with van der Waals surface area (Å²) in [6.07, 6.45) is 9.68. The molecule has 0 aromatic carbocycles. The summed E-state index contributed by atoms with van der Waals surface area (Å²) >= 11 is 0. The van der Waals surface area contributed by atoms with Crippen LogP contribution in [0.25, 0.3) is 0 Å². The third-order valence-corrected chi connectivity index (χ3v) is 10.7. The molecule has 0 radical (unpaired) electrons. The molecule has 11 nitrogen and oxygen atoms in total. The second kappa shape index (κ2) is 10.6. The summed E-state index contributed by atoms with van der Waals surface area (Å²) < 4.78 is 32.8. The van der Waals surface area contributed by atoms with Crippen LogP contribution in [0.4, 0.5) is 0 Å². The molecule has 0 amide bonds. The van der Waals surface area contributed by atoms with Crippen LogP contribution in [0, 0.1) is 0 Å². The normalized spacial score (nSPS) is 12.3. The van der Waals surface area contributed by atoms with Crippen molar-refractivity contribution >= 4 is 17.6 Å². The summed E-state index contributed by atoms with van der Waals surface area (Å²) in [6.45, 7) is 1.15. The first-order chi connectivity index (χ1) is 13.1. The fourth-order valence-electron chi connectivity index (χ4n) is 2.44. The maximum absolute atomic E-state index is 6.35. The molecule has 0 aliphatic carbocycles. The van der Waals surface area contributed by atoms with E-state index < -0.39 is 17.6 Å². The van der Waals surface area contributed by atoms with E-state index in [0.717, 1.165) is 0 Å². The summed E-state index contributed by atoms with van der Waals surface area (Å²) in [7, 11) is 0.208. The van der Waals surface area contributed by atoms with Gasteiger partial charge in [-0.1, -0.05) is 19.9 Å². The van der Waals surface area contributed by atoms with Gasteiger partial charge in [0.05, 0.1) is 13.1 Å². The first kappa shape index (κ1) is 21.6. The lowest BCUT2D eigenvalue weighted by molar-refractivity contribution is -0.699. The Morgan fingerprint density at radius 3 is 1.26 bits per heavy atom. The van der Waals surface area contributed by atoms with Crippen LogP contribution in [-0.4, -0.2) is 66.0 Å². The quantitative estimate of drug-likeness (QED) is 0.320. The minimum absolute atomic E-state index is 0.515. The second-order valence-corrected chi connectivity index (χ2v) is 11.7. The van der Waals surface area contributed by atoms with Crippen LogP contribution in [0.3, 0.4) is 0 Å². The van der Waals surface area contributed by atoms with Crippen LogP contribution in [0.15, 0.2) is 38.0 Å². The number of hydrogen-bond donors (Lipinski definition) is 0. The summed E-state index contributed by atoms with van der Waals surface area (Å²) in [4.78, 5) is 16.0. The molecule has 148 valence electrons. The first-order valence-corrected chi connectivity index (χ1v) is 12.2. The molecule has 0 atom stereocenters. The maximum atomic E-state index is 6.35. The molecule has 2 rings (SSSR count). The lowest BCUT2D eigenvalue weighted by Crippen LogP contribution is -2.59. The molecule has 0 spiro atoms. The highest BCUT2D eigenvalue weighted by Gasteiger charge is 2.52. The molecule has 0 fully saturated rings. The molecule has 2 heterocycles. The van der Waals surface area contributed by atoms with E-state index in [1.807, 2.05) is 9.13 Å². The Labute approximate surface area is 160 Å². The van der Waals surface area contributed by atoms with Gasteiger partial charge in [-0.3, -0.25) is 0 Å². The largest absolute Gasteiger partial charge is 0.496 e. The zero-order chi connectivity index (χ0) is 19.6. The van der Waals surface area contributed by atoms with Gasteiger partial charge in [0.15, 0.2) is 0 Å². The van der Waals surface area contributed by atoms with Crippen LogP contribution >= 0.6 is 0 Å². The number of rotatable bonds is 12. The van der Waals surface area contributed by atoms with E-state index in [4.69, 9.17) is 21.8 Å². The molecule has 2 aromatic rings. The van der Waals surface area contributed by atoms with Crippen molar-refractivity contribution in [1.82, 2.24) is 19.9 Å². The Morgan fingerprint density at radius 1 is 0.630 bits per heavy atom. The molecule has 0 saturated carbocycles. The van der Waals surface area contributed by atoms with Crippen molar-refractivity contribution in [3.63, 3.8) is 0 Å². The monoisotopic (exact) mass is 414 g/mol. The zero-order valence-corrected chi connectivity index (χ0v) is 18.0. The molecule has 0 unspecified atom stereocenters. The van der Waals surface area contributed by atoms with E-state index in [2.05, 4.69) is 19.9 Å². The van der Waals surface area contributed by atoms with Gasteiger partial charge in [0, 0.05) is 40.5 Å². The fraction of sp³-hybridized carbons (Fsp3) is 0.571. The molecule has 2 aromatic heterocycles. The Bertz CT molecular complexity index is 606. The van der Waals surface area contributed by atoms with Crippen LogP contribution in [0.2, 0.25) is 12.1 Å². The molecule has 27 heavy (non-hydrogen) atoms. The van der Waals surface area contributed by atoms with Gasteiger partial charge in [0.2, 0.25) is 25.3 Å². The predicted molar refractivity (Wildman–Crippen MR) is 94.7 cm³/mol. The van der Waals surface area contributed by atoms with Crippen molar-refractivity contribution in [1.29, 1.82) is 0 Å². The second-order valence-electron chi connectivity index (χ2n) is 5.55. The summed E-state index contributed by atoms with van der Waals surface area (Å²) in [5, 5.41) is 0. The van der Waals surface area contributed by atoms with Gasteiger partial charge in [-0.05, 0) is 0 Å². The van der Waals surface area contributed by atoms with Gasteiger partial charge in [-0.15, -0.1) is 0 Å². The van der Waals surface area contributed by atoms with E-state index in [9.17, 15) is 0 Å². The van der Waals surface area contributed by atoms with Crippen molar-refractivity contribution in [2.24, 2.45) is 0 Å². The molecule has 0 aliphatic heterocycles. The minimum Gasteiger partial charge on any atom is -0.377 e. The van der Waals surface area contributed by atoms with E-state index in [-0.39, 0.29) is 0 Å². The van der Waals surface area contributed by atoms with Crippen molar-refractivity contribution in [3.05, 3.63) is 38.0 Å². The van der Waals surface area contributed by atoms with E-state index >= 15 is 0 Å². The Morgan fingerprint density at radius 2 is 0.963 bits per heavy atom.